The minimum atomic E-state index is -2.15. The molecule has 4 aromatic heterocycles. The normalized spacial score (nSPS) is 18.4. The highest BCUT2D eigenvalue weighted by molar-refractivity contribution is 6.74. The molecule has 1 unspecified atom stereocenters. The number of piperidine rings is 1. The molecule has 5 rings (SSSR count). The lowest BCUT2D eigenvalue weighted by molar-refractivity contribution is -0.0123. The third kappa shape index (κ3) is 7.65. The summed E-state index contributed by atoms with van der Waals surface area (Å²) in [6, 6.07) is 6.33. The van der Waals surface area contributed by atoms with Crippen LogP contribution in [0.2, 0.25) is 18.1 Å². The van der Waals surface area contributed by atoms with Gasteiger partial charge in [-0.05, 0) is 76.5 Å². The van der Waals surface area contributed by atoms with Crippen molar-refractivity contribution in [2.45, 2.75) is 96.9 Å². The standard InChI is InChI=1S/C33H46FN7O5Si/c1-21-30(37-38-41(21)25-13-15-39(19-27(25)42)31(43)46-32(2,3)4)22-16-28(26-12-14-36-40(26)18-22)45-29(24-11-10-23(34)17-35-24)20-44-47(8,9)33(5,6)7/h10-12,14,16-18,25,27,29,42H,13,15,19-20H2,1-9H3/t25-,27+,29?/m1/s1. The van der Waals surface area contributed by atoms with Crippen molar-refractivity contribution < 1.29 is 28.2 Å². The second kappa shape index (κ2) is 13.0. The smallest absolute Gasteiger partial charge is 0.410 e. The molecule has 1 fully saturated rings. The van der Waals surface area contributed by atoms with Crippen LogP contribution in [0.3, 0.4) is 0 Å². The molecule has 1 aliphatic rings. The molecule has 1 aliphatic heterocycles. The average molecular weight is 668 g/mol. The fourth-order valence-corrected chi connectivity index (χ4v) is 6.25. The number of carbonyl (C=O) groups excluding carboxylic acids is 1. The van der Waals surface area contributed by atoms with E-state index in [0.717, 1.165) is 11.2 Å². The molecule has 4 aromatic rings. The highest BCUT2D eigenvalue weighted by atomic mass is 28.4. The molecule has 47 heavy (non-hydrogen) atoms. The third-order valence-corrected chi connectivity index (χ3v) is 13.4. The first kappa shape index (κ1) is 34.5. The summed E-state index contributed by atoms with van der Waals surface area (Å²) < 4.78 is 35.9. The minimum Gasteiger partial charge on any atom is -0.479 e. The summed E-state index contributed by atoms with van der Waals surface area (Å²) in [5.41, 5.74) is 2.70. The van der Waals surface area contributed by atoms with Gasteiger partial charge >= 0.3 is 6.09 Å². The topological polar surface area (TPSA) is 129 Å². The Kier molecular flexibility index (Phi) is 9.50. The lowest BCUT2D eigenvalue weighted by Gasteiger charge is -2.37. The number of hydrogen-bond donors (Lipinski definition) is 1. The summed E-state index contributed by atoms with van der Waals surface area (Å²) in [6.45, 7) is 19.0. The number of ether oxygens (including phenoxy) is 2. The molecule has 3 atom stereocenters. The summed E-state index contributed by atoms with van der Waals surface area (Å²) in [5, 5.41) is 24.5. The number of pyridine rings is 2. The van der Waals surface area contributed by atoms with Gasteiger partial charge in [0.2, 0.25) is 0 Å². The predicted octanol–water partition coefficient (Wildman–Crippen LogP) is 6.12. The number of rotatable bonds is 8. The van der Waals surface area contributed by atoms with E-state index >= 15 is 0 Å². The average Bonchev–Trinajstić information content (AvgIpc) is 3.61. The fourth-order valence-electron chi connectivity index (χ4n) is 5.25. The SMILES string of the molecule is Cc1c(-c2cc(OC(CO[Si](C)(C)C(C)(C)C)c3ccc(F)cn3)c3ccnn3c2)nnn1[C@@H]1CCN(C(=O)OC(C)(C)C)C[C@@H]1O. The largest absolute Gasteiger partial charge is 0.479 e. The van der Waals surface area contributed by atoms with Crippen molar-refractivity contribution >= 4 is 19.9 Å². The minimum absolute atomic E-state index is 0.0182. The first-order chi connectivity index (χ1) is 21.9. The Morgan fingerprint density at radius 2 is 1.91 bits per heavy atom. The van der Waals surface area contributed by atoms with Crippen LogP contribution >= 0.6 is 0 Å². The molecule has 1 N–H and O–H groups in total. The summed E-state index contributed by atoms with van der Waals surface area (Å²) in [4.78, 5) is 18.5. The van der Waals surface area contributed by atoms with Gasteiger partial charge in [0.05, 0.1) is 49.1 Å². The zero-order valence-electron chi connectivity index (χ0n) is 28.7. The number of hydrogen-bond acceptors (Lipinski definition) is 9. The van der Waals surface area contributed by atoms with E-state index in [9.17, 15) is 14.3 Å². The Morgan fingerprint density at radius 3 is 2.55 bits per heavy atom. The Morgan fingerprint density at radius 1 is 1.17 bits per heavy atom. The second-order valence-electron chi connectivity index (χ2n) is 14.7. The highest BCUT2D eigenvalue weighted by Gasteiger charge is 2.38. The lowest BCUT2D eigenvalue weighted by atomic mass is 10.0. The van der Waals surface area contributed by atoms with Crippen LogP contribution in [0.4, 0.5) is 9.18 Å². The third-order valence-electron chi connectivity index (χ3n) is 8.93. The zero-order chi connectivity index (χ0) is 34.3. The van der Waals surface area contributed by atoms with Gasteiger partial charge in [-0.1, -0.05) is 26.0 Å². The van der Waals surface area contributed by atoms with Crippen molar-refractivity contribution in [3.05, 3.63) is 60.1 Å². The van der Waals surface area contributed by atoms with Crippen molar-refractivity contribution in [3.63, 3.8) is 0 Å². The quantitative estimate of drug-likeness (QED) is 0.221. The van der Waals surface area contributed by atoms with Crippen LogP contribution in [-0.4, -0.2) is 85.4 Å². The van der Waals surface area contributed by atoms with E-state index in [2.05, 4.69) is 54.3 Å². The number of aromatic nitrogens is 6. The van der Waals surface area contributed by atoms with Crippen LogP contribution in [0.25, 0.3) is 16.8 Å². The Labute approximate surface area is 276 Å². The number of aliphatic hydroxyl groups excluding tert-OH is 1. The van der Waals surface area contributed by atoms with Crippen LogP contribution in [0.15, 0.2) is 42.9 Å². The molecule has 1 amide bonds. The van der Waals surface area contributed by atoms with Gasteiger partial charge in [-0.25, -0.2) is 18.4 Å². The van der Waals surface area contributed by atoms with Gasteiger partial charge in [0.1, 0.15) is 28.4 Å². The van der Waals surface area contributed by atoms with Gasteiger partial charge in [0.15, 0.2) is 14.4 Å². The van der Waals surface area contributed by atoms with Crippen molar-refractivity contribution in [3.8, 4) is 17.0 Å². The molecular formula is C33H46FN7O5Si. The van der Waals surface area contributed by atoms with E-state index in [1.165, 1.54) is 17.2 Å². The maximum Gasteiger partial charge on any atom is 0.410 e. The summed E-state index contributed by atoms with van der Waals surface area (Å²) in [6.07, 6.45) is 3.26. The van der Waals surface area contributed by atoms with Gasteiger partial charge in [-0.3, -0.25) is 4.98 Å². The van der Waals surface area contributed by atoms with Gasteiger partial charge < -0.3 is 23.9 Å². The van der Waals surface area contributed by atoms with Gasteiger partial charge in [-0.15, -0.1) is 5.10 Å². The summed E-state index contributed by atoms with van der Waals surface area (Å²) in [7, 11) is -2.15. The molecule has 254 valence electrons. The molecule has 0 bridgehead atoms. The van der Waals surface area contributed by atoms with E-state index < -0.39 is 38.0 Å². The first-order valence-electron chi connectivity index (χ1n) is 15.9. The molecule has 14 heteroatoms. The van der Waals surface area contributed by atoms with Gasteiger partial charge in [0, 0.05) is 18.3 Å². The molecule has 0 saturated carbocycles. The molecule has 5 heterocycles. The van der Waals surface area contributed by atoms with Crippen LogP contribution in [0.1, 0.15) is 71.5 Å². The van der Waals surface area contributed by atoms with E-state index in [4.69, 9.17) is 13.9 Å². The molecule has 0 spiro atoms. The molecular weight excluding hydrogens is 621 g/mol. The number of aliphatic hydroxyl groups is 1. The zero-order valence-corrected chi connectivity index (χ0v) is 29.7. The molecule has 1 saturated heterocycles. The van der Waals surface area contributed by atoms with E-state index in [1.807, 2.05) is 46.0 Å². The van der Waals surface area contributed by atoms with E-state index in [0.29, 0.717) is 35.7 Å². The first-order valence-corrected chi connectivity index (χ1v) is 18.8. The molecule has 0 aliphatic carbocycles. The Balaban J connectivity index is 1.42. The molecule has 0 aromatic carbocycles. The van der Waals surface area contributed by atoms with E-state index in [-0.39, 0.29) is 24.2 Å². The molecule has 0 radical (unpaired) electrons. The van der Waals surface area contributed by atoms with Crippen LogP contribution in [-0.2, 0) is 9.16 Å². The summed E-state index contributed by atoms with van der Waals surface area (Å²) >= 11 is 0. The van der Waals surface area contributed by atoms with Crippen LogP contribution in [0.5, 0.6) is 5.75 Å². The number of likely N-dealkylation sites (tertiary alicyclic amines) is 1. The number of halogens is 1. The van der Waals surface area contributed by atoms with Crippen LogP contribution < -0.4 is 4.74 Å². The number of carbonyl (C=O) groups is 1. The summed E-state index contributed by atoms with van der Waals surface area (Å²) in [5.74, 6) is 0.0896. The van der Waals surface area contributed by atoms with Crippen LogP contribution in [0, 0.1) is 12.7 Å². The maximum absolute atomic E-state index is 13.8. The monoisotopic (exact) mass is 667 g/mol. The number of amides is 1. The number of fused-ring (bicyclic) bond motifs is 1. The van der Waals surface area contributed by atoms with Crippen molar-refractivity contribution in [1.82, 2.24) is 34.5 Å². The maximum atomic E-state index is 13.8. The van der Waals surface area contributed by atoms with Crippen molar-refractivity contribution in [1.29, 1.82) is 0 Å². The van der Waals surface area contributed by atoms with E-state index in [1.54, 1.807) is 21.5 Å². The second-order valence-corrected chi connectivity index (χ2v) is 19.5. The Bertz CT molecular complexity index is 1710. The van der Waals surface area contributed by atoms with Gasteiger partial charge in [0.25, 0.3) is 0 Å². The highest BCUT2D eigenvalue weighted by Crippen LogP contribution is 2.38. The fraction of sp³-hybridized carbons (Fsp3) is 0.545. The van der Waals surface area contributed by atoms with Crippen molar-refractivity contribution in [2.24, 2.45) is 0 Å². The molecule has 12 nitrogen and oxygen atoms in total. The number of nitrogens with zero attached hydrogens (tertiary/aromatic N) is 7. The number of β-amino-alcohol motifs (C(OH)–C–C–N with tert-alkyl or cyclic N) is 1. The van der Waals surface area contributed by atoms with Gasteiger partial charge in [-0.2, -0.15) is 5.10 Å². The Hall–Kier alpha value is -3.88. The predicted molar refractivity (Wildman–Crippen MR) is 177 cm³/mol. The van der Waals surface area contributed by atoms with Crippen molar-refractivity contribution in [2.75, 3.05) is 19.7 Å². The lowest BCUT2D eigenvalue weighted by Crippen LogP contribution is -2.49.